The molecule has 2 nitrogen and oxygen atoms in total. The van der Waals surface area contributed by atoms with E-state index in [0.29, 0.717) is 18.6 Å². The van der Waals surface area contributed by atoms with Gasteiger partial charge in [0.15, 0.2) is 0 Å². The molecule has 0 bridgehead atoms. The van der Waals surface area contributed by atoms with Crippen molar-refractivity contribution in [1.82, 2.24) is 5.32 Å². The number of nitrogens with one attached hydrogen (secondary N) is 1. The Balaban J connectivity index is 3.46. The van der Waals surface area contributed by atoms with Crippen molar-refractivity contribution in [2.75, 3.05) is 19.7 Å². The van der Waals surface area contributed by atoms with Gasteiger partial charge in [0.05, 0.1) is 12.7 Å². The molecular formula is C11H23NO. The predicted octanol–water partition coefficient (Wildman–Crippen LogP) is 2.21. The maximum atomic E-state index is 5.62. The third-order valence-corrected chi connectivity index (χ3v) is 2.11. The molecule has 0 radical (unpaired) electrons. The van der Waals surface area contributed by atoms with Crippen molar-refractivity contribution < 1.29 is 4.74 Å². The fourth-order valence-electron chi connectivity index (χ4n) is 0.795. The molecule has 0 aliphatic carbocycles. The highest BCUT2D eigenvalue weighted by atomic mass is 16.5. The summed E-state index contributed by atoms with van der Waals surface area (Å²) in [5.41, 5.74) is 1.12. The van der Waals surface area contributed by atoms with Crippen molar-refractivity contribution in [2.45, 2.75) is 33.8 Å². The van der Waals surface area contributed by atoms with E-state index in [1.807, 2.05) is 0 Å². The second kappa shape index (κ2) is 7.10. The second-order valence-electron chi connectivity index (χ2n) is 3.79. The van der Waals surface area contributed by atoms with Gasteiger partial charge in [-0.1, -0.05) is 27.4 Å². The average molecular weight is 185 g/mol. The van der Waals surface area contributed by atoms with Gasteiger partial charge >= 0.3 is 0 Å². The van der Waals surface area contributed by atoms with Crippen LogP contribution in [0, 0.1) is 5.92 Å². The van der Waals surface area contributed by atoms with Crippen molar-refractivity contribution in [3.05, 3.63) is 12.2 Å². The number of hydrogen-bond acceptors (Lipinski definition) is 2. The van der Waals surface area contributed by atoms with Crippen LogP contribution in [0.25, 0.3) is 0 Å². The van der Waals surface area contributed by atoms with E-state index in [4.69, 9.17) is 4.74 Å². The maximum absolute atomic E-state index is 5.62. The Bertz CT molecular complexity index is 143. The van der Waals surface area contributed by atoms with Gasteiger partial charge in [0.25, 0.3) is 0 Å². The lowest BCUT2D eigenvalue weighted by atomic mass is 10.1. The fraction of sp³-hybridized carbons (Fsp3) is 0.818. The van der Waals surface area contributed by atoms with Crippen molar-refractivity contribution in [2.24, 2.45) is 5.92 Å². The standard InChI is InChI=1S/C11H23NO/c1-6-12-7-10(4)8-13-11(5)9(2)3/h9,11-12H,4,6-8H2,1-3,5H3. The summed E-state index contributed by atoms with van der Waals surface area (Å²) < 4.78 is 5.62. The number of hydrogen-bond donors (Lipinski definition) is 1. The molecule has 2 heteroatoms. The van der Waals surface area contributed by atoms with Crippen LogP contribution in [0.4, 0.5) is 0 Å². The van der Waals surface area contributed by atoms with E-state index in [-0.39, 0.29) is 0 Å². The Hall–Kier alpha value is -0.340. The molecule has 1 unspecified atom stereocenters. The highest BCUT2D eigenvalue weighted by Crippen LogP contribution is 2.06. The summed E-state index contributed by atoms with van der Waals surface area (Å²) in [5.74, 6) is 0.576. The van der Waals surface area contributed by atoms with Crippen LogP contribution < -0.4 is 5.32 Å². The van der Waals surface area contributed by atoms with Crippen molar-refractivity contribution in [3.8, 4) is 0 Å². The summed E-state index contributed by atoms with van der Waals surface area (Å²) in [6, 6.07) is 0. The normalized spacial score (nSPS) is 13.3. The first-order valence-corrected chi connectivity index (χ1v) is 5.06. The zero-order valence-corrected chi connectivity index (χ0v) is 9.39. The van der Waals surface area contributed by atoms with E-state index < -0.39 is 0 Å². The van der Waals surface area contributed by atoms with Crippen molar-refractivity contribution in [1.29, 1.82) is 0 Å². The lowest BCUT2D eigenvalue weighted by Gasteiger charge is -2.17. The van der Waals surface area contributed by atoms with Gasteiger partial charge in [0.1, 0.15) is 0 Å². The number of ether oxygens (including phenoxy) is 1. The highest BCUT2D eigenvalue weighted by molar-refractivity contribution is 4.96. The average Bonchev–Trinajstić information content (AvgIpc) is 2.10. The van der Waals surface area contributed by atoms with E-state index >= 15 is 0 Å². The molecule has 0 aromatic rings. The first-order valence-electron chi connectivity index (χ1n) is 5.06. The quantitative estimate of drug-likeness (QED) is 0.614. The maximum Gasteiger partial charge on any atom is 0.0690 e. The minimum absolute atomic E-state index is 0.318. The lowest BCUT2D eigenvalue weighted by Crippen LogP contribution is -2.21. The van der Waals surface area contributed by atoms with E-state index in [0.717, 1.165) is 18.7 Å². The number of likely N-dealkylation sites (N-methyl/N-ethyl adjacent to an activating group) is 1. The Morgan fingerprint density at radius 3 is 2.46 bits per heavy atom. The minimum Gasteiger partial charge on any atom is -0.374 e. The Kier molecular flexibility index (Phi) is 6.92. The van der Waals surface area contributed by atoms with Crippen molar-refractivity contribution in [3.63, 3.8) is 0 Å². The first kappa shape index (κ1) is 12.7. The summed E-state index contributed by atoms with van der Waals surface area (Å²) >= 11 is 0. The number of rotatable bonds is 7. The third-order valence-electron chi connectivity index (χ3n) is 2.11. The van der Waals surface area contributed by atoms with Gasteiger partial charge in [0, 0.05) is 6.54 Å². The minimum atomic E-state index is 0.318. The molecule has 78 valence electrons. The van der Waals surface area contributed by atoms with E-state index in [1.165, 1.54) is 0 Å². The Morgan fingerprint density at radius 1 is 1.38 bits per heavy atom. The van der Waals surface area contributed by atoms with Crippen LogP contribution in [0.5, 0.6) is 0 Å². The molecule has 0 aromatic heterocycles. The van der Waals surface area contributed by atoms with Crippen LogP contribution in [0.1, 0.15) is 27.7 Å². The lowest BCUT2D eigenvalue weighted by molar-refractivity contribution is 0.0499. The van der Waals surface area contributed by atoms with Crippen LogP contribution in [0.2, 0.25) is 0 Å². The summed E-state index contributed by atoms with van der Waals surface area (Å²) in [4.78, 5) is 0. The molecule has 1 N–H and O–H groups in total. The summed E-state index contributed by atoms with van der Waals surface area (Å²) in [6.07, 6.45) is 0.318. The van der Waals surface area contributed by atoms with Gasteiger partial charge in [0.2, 0.25) is 0 Å². The highest BCUT2D eigenvalue weighted by Gasteiger charge is 2.06. The van der Waals surface area contributed by atoms with Gasteiger partial charge < -0.3 is 10.1 Å². The predicted molar refractivity (Wildman–Crippen MR) is 57.9 cm³/mol. The van der Waals surface area contributed by atoms with Crippen LogP contribution in [0.15, 0.2) is 12.2 Å². The fourth-order valence-corrected chi connectivity index (χ4v) is 0.795. The second-order valence-corrected chi connectivity index (χ2v) is 3.79. The van der Waals surface area contributed by atoms with Crippen LogP contribution in [-0.4, -0.2) is 25.8 Å². The summed E-state index contributed by atoms with van der Waals surface area (Å²) in [5, 5.41) is 3.22. The van der Waals surface area contributed by atoms with Gasteiger partial charge in [-0.2, -0.15) is 0 Å². The van der Waals surface area contributed by atoms with Crippen LogP contribution in [-0.2, 0) is 4.74 Å². The van der Waals surface area contributed by atoms with Gasteiger partial charge in [-0.05, 0) is 25.0 Å². The molecule has 13 heavy (non-hydrogen) atoms. The van der Waals surface area contributed by atoms with E-state index in [9.17, 15) is 0 Å². The molecule has 0 aromatic carbocycles. The molecule has 0 spiro atoms. The zero-order valence-electron chi connectivity index (χ0n) is 9.39. The molecule has 1 atom stereocenters. The molecular weight excluding hydrogens is 162 g/mol. The van der Waals surface area contributed by atoms with Gasteiger partial charge in [-0.3, -0.25) is 0 Å². The monoisotopic (exact) mass is 185 g/mol. The molecule has 0 aliphatic heterocycles. The van der Waals surface area contributed by atoms with E-state index in [2.05, 4.69) is 39.6 Å². The van der Waals surface area contributed by atoms with Crippen molar-refractivity contribution >= 4 is 0 Å². The zero-order chi connectivity index (χ0) is 10.3. The molecule has 0 heterocycles. The molecule has 0 fully saturated rings. The van der Waals surface area contributed by atoms with Crippen LogP contribution in [0.3, 0.4) is 0 Å². The SMILES string of the molecule is C=C(CNCC)COC(C)C(C)C. The summed E-state index contributed by atoms with van der Waals surface area (Å²) in [6.45, 7) is 15.0. The van der Waals surface area contributed by atoms with E-state index in [1.54, 1.807) is 0 Å². The Morgan fingerprint density at radius 2 is 2.00 bits per heavy atom. The third kappa shape index (κ3) is 6.79. The largest absolute Gasteiger partial charge is 0.374 e. The summed E-state index contributed by atoms with van der Waals surface area (Å²) in [7, 11) is 0. The topological polar surface area (TPSA) is 21.3 Å². The Labute approximate surface area is 82.4 Å². The molecule has 0 aliphatic rings. The molecule has 0 amide bonds. The van der Waals surface area contributed by atoms with Gasteiger partial charge in [-0.25, -0.2) is 0 Å². The van der Waals surface area contributed by atoms with Crippen LogP contribution >= 0.6 is 0 Å². The first-order chi connectivity index (χ1) is 6.07. The molecule has 0 rings (SSSR count). The smallest absolute Gasteiger partial charge is 0.0690 e. The molecule has 0 saturated carbocycles. The molecule has 0 saturated heterocycles. The van der Waals surface area contributed by atoms with Gasteiger partial charge in [-0.15, -0.1) is 0 Å².